The number of carbonyl (C=O) groups excluding carboxylic acids is 1. The lowest BCUT2D eigenvalue weighted by molar-refractivity contribution is -0.126. The molecular formula is C25H22ClN5O5. The Morgan fingerprint density at radius 3 is 2.56 bits per heavy atom. The van der Waals surface area contributed by atoms with E-state index in [4.69, 9.17) is 20.9 Å². The van der Waals surface area contributed by atoms with Crippen LogP contribution in [0.1, 0.15) is 18.4 Å². The highest BCUT2D eigenvalue weighted by molar-refractivity contribution is 6.30. The van der Waals surface area contributed by atoms with Crippen molar-refractivity contribution >= 4 is 34.8 Å². The van der Waals surface area contributed by atoms with Crippen molar-refractivity contribution in [2.75, 3.05) is 10.6 Å². The number of ether oxygens (including phenoxy) is 1. The van der Waals surface area contributed by atoms with E-state index < -0.39 is 11.7 Å². The van der Waals surface area contributed by atoms with Gasteiger partial charge in [-0.3, -0.25) is 14.2 Å². The van der Waals surface area contributed by atoms with Crippen molar-refractivity contribution in [2.45, 2.75) is 25.5 Å². The number of rotatable bonds is 8. The van der Waals surface area contributed by atoms with Gasteiger partial charge in [-0.2, -0.15) is 0 Å². The van der Waals surface area contributed by atoms with Gasteiger partial charge >= 0.3 is 0 Å². The molecule has 0 saturated heterocycles. The average Bonchev–Trinajstić information content (AvgIpc) is 3.36. The average molecular weight is 508 g/mol. The molecule has 36 heavy (non-hydrogen) atoms. The minimum atomic E-state index is -0.472. The summed E-state index contributed by atoms with van der Waals surface area (Å²) < 4.78 is 11.8. The maximum atomic E-state index is 13.4. The van der Waals surface area contributed by atoms with Crippen LogP contribution in [-0.4, -0.2) is 31.8 Å². The number of anilines is 3. The van der Waals surface area contributed by atoms with E-state index in [0.717, 1.165) is 5.56 Å². The van der Waals surface area contributed by atoms with Crippen LogP contribution in [-0.2, 0) is 11.3 Å². The van der Waals surface area contributed by atoms with Crippen LogP contribution in [0.3, 0.4) is 0 Å². The number of nitrogens with zero attached hydrogens (tertiary/aromatic N) is 3. The molecule has 0 spiro atoms. The van der Waals surface area contributed by atoms with Gasteiger partial charge in [-0.15, -0.1) is 0 Å². The molecule has 4 aromatic rings. The maximum Gasteiger partial charge on any atom is 0.279 e. The van der Waals surface area contributed by atoms with Gasteiger partial charge < -0.3 is 25.0 Å². The first kappa shape index (κ1) is 23.6. The predicted octanol–water partition coefficient (Wildman–Crippen LogP) is 4.18. The molecule has 184 valence electrons. The first-order valence-corrected chi connectivity index (χ1v) is 11.6. The van der Waals surface area contributed by atoms with Gasteiger partial charge in [0.25, 0.3) is 11.4 Å². The Morgan fingerprint density at radius 2 is 1.89 bits per heavy atom. The number of hydrogen-bond donors (Lipinski definition) is 3. The largest absolute Gasteiger partial charge is 0.436 e. The van der Waals surface area contributed by atoms with Crippen molar-refractivity contribution in [1.82, 2.24) is 14.7 Å². The molecule has 5 rings (SSSR count). The third-order valence-electron chi connectivity index (χ3n) is 5.79. The van der Waals surface area contributed by atoms with Crippen LogP contribution in [0.2, 0.25) is 5.02 Å². The molecule has 1 aliphatic rings. The van der Waals surface area contributed by atoms with Crippen molar-refractivity contribution in [1.29, 1.82) is 0 Å². The monoisotopic (exact) mass is 507 g/mol. The molecule has 0 unspecified atom stereocenters. The molecule has 2 aromatic heterocycles. The van der Waals surface area contributed by atoms with E-state index in [9.17, 15) is 14.7 Å². The summed E-state index contributed by atoms with van der Waals surface area (Å²) in [6.07, 6.45) is 3.04. The third kappa shape index (κ3) is 5.40. The highest BCUT2D eigenvalue weighted by Gasteiger charge is 2.33. The Balaban J connectivity index is 1.40. The number of amides is 1. The lowest BCUT2D eigenvalue weighted by atomic mass is 9.82. The van der Waals surface area contributed by atoms with Gasteiger partial charge in [0.15, 0.2) is 0 Å². The van der Waals surface area contributed by atoms with Crippen LogP contribution >= 0.6 is 11.6 Å². The molecule has 0 radical (unpaired) electrons. The molecule has 10 nitrogen and oxygen atoms in total. The second-order valence-electron chi connectivity index (χ2n) is 8.41. The molecule has 1 aliphatic carbocycles. The molecule has 11 heteroatoms. The van der Waals surface area contributed by atoms with Gasteiger partial charge in [0.05, 0.1) is 18.8 Å². The predicted molar refractivity (Wildman–Crippen MR) is 133 cm³/mol. The zero-order valence-electron chi connectivity index (χ0n) is 18.9. The molecule has 0 aliphatic heterocycles. The summed E-state index contributed by atoms with van der Waals surface area (Å²) in [6.45, 7) is 0.199. The maximum absolute atomic E-state index is 13.4. The summed E-state index contributed by atoms with van der Waals surface area (Å²) in [6, 6.07) is 15.7. The number of hydrogen-bond acceptors (Lipinski definition) is 8. The molecule has 2 aromatic carbocycles. The van der Waals surface area contributed by atoms with Crippen LogP contribution in [0, 0.1) is 5.92 Å². The van der Waals surface area contributed by atoms with Gasteiger partial charge in [-0.05, 0) is 60.0 Å². The highest BCUT2D eigenvalue weighted by Crippen LogP contribution is 2.28. The van der Waals surface area contributed by atoms with E-state index in [0.29, 0.717) is 35.2 Å². The Morgan fingerprint density at radius 1 is 1.14 bits per heavy atom. The molecule has 2 heterocycles. The van der Waals surface area contributed by atoms with E-state index in [1.807, 2.05) is 12.1 Å². The van der Waals surface area contributed by atoms with E-state index >= 15 is 0 Å². The zero-order valence-corrected chi connectivity index (χ0v) is 19.7. The highest BCUT2D eigenvalue weighted by atomic mass is 35.5. The number of carbonyl (C=O) groups is 1. The second kappa shape index (κ2) is 10.2. The van der Waals surface area contributed by atoms with E-state index in [1.165, 1.54) is 17.0 Å². The summed E-state index contributed by atoms with van der Waals surface area (Å²) in [5.74, 6) is 0.557. The number of nitrogens with one attached hydrogen (secondary N) is 2. The number of halogens is 1. The fourth-order valence-electron chi connectivity index (χ4n) is 3.74. The van der Waals surface area contributed by atoms with E-state index in [1.54, 1.807) is 42.5 Å². The summed E-state index contributed by atoms with van der Waals surface area (Å²) in [5, 5.41) is 19.6. The summed E-state index contributed by atoms with van der Waals surface area (Å²) in [4.78, 5) is 30.3. The van der Waals surface area contributed by atoms with Crippen LogP contribution in [0.5, 0.6) is 11.6 Å². The molecule has 1 saturated carbocycles. The minimum Gasteiger partial charge on any atom is -0.436 e. The lowest BCUT2D eigenvalue weighted by Gasteiger charge is -2.29. The molecule has 1 amide bonds. The van der Waals surface area contributed by atoms with Crippen molar-refractivity contribution in [3.8, 4) is 11.6 Å². The Hall–Kier alpha value is -4.15. The van der Waals surface area contributed by atoms with Crippen LogP contribution in [0.15, 0.2) is 76.4 Å². The number of benzene rings is 2. The van der Waals surface area contributed by atoms with Crippen LogP contribution in [0.25, 0.3) is 0 Å². The normalized spacial score (nSPS) is 16.7. The molecular weight excluding hydrogens is 486 g/mol. The first-order valence-electron chi connectivity index (χ1n) is 11.2. The second-order valence-corrected chi connectivity index (χ2v) is 8.85. The Kier molecular flexibility index (Phi) is 6.70. The summed E-state index contributed by atoms with van der Waals surface area (Å²) in [7, 11) is 0. The van der Waals surface area contributed by atoms with Crippen molar-refractivity contribution < 1.29 is 19.2 Å². The molecule has 1 fully saturated rings. The smallest absolute Gasteiger partial charge is 0.279 e. The van der Waals surface area contributed by atoms with Crippen LogP contribution in [0.4, 0.5) is 17.3 Å². The molecule has 0 bridgehead atoms. The topological polar surface area (TPSA) is 132 Å². The zero-order chi connectivity index (χ0) is 25.1. The summed E-state index contributed by atoms with van der Waals surface area (Å²) >= 11 is 6.01. The van der Waals surface area contributed by atoms with Gasteiger partial charge in [-0.1, -0.05) is 23.7 Å². The van der Waals surface area contributed by atoms with E-state index in [-0.39, 0.29) is 30.0 Å². The van der Waals surface area contributed by atoms with Crippen molar-refractivity contribution in [2.24, 2.45) is 5.92 Å². The van der Waals surface area contributed by atoms with E-state index in [2.05, 4.69) is 20.8 Å². The summed E-state index contributed by atoms with van der Waals surface area (Å²) in [5.41, 5.74) is 1.15. The van der Waals surface area contributed by atoms with Gasteiger partial charge in [0.1, 0.15) is 17.7 Å². The number of aliphatic hydroxyl groups is 1. The van der Waals surface area contributed by atoms with Gasteiger partial charge in [0, 0.05) is 22.7 Å². The molecule has 0 atom stereocenters. The third-order valence-corrected chi connectivity index (χ3v) is 6.04. The first-order chi connectivity index (χ1) is 17.4. The lowest BCUT2D eigenvalue weighted by Crippen LogP contribution is -2.39. The fraction of sp³-hybridized carbons (Fsp3) is 0.200. The standard InChI is InChI=1S/C25H22ClN5O5/c26-17-3-1-15(2-4-17)14-31-24(34)21(29-23(33)16-11-19(32)12-16)13-27-25(31)28-18-5-7-20(8-6-18)36-22-9-10-35-30-22/h1-10,13,16,19,32H,11-12,14H2,(H,27,28)(H,29,33). The Labute approximate surface area is 210 Å². The van der Waals surface area contributed by atoms with Crippen LogP contribution < -0.4 is 20.9 Å². The van der Waals surface area contributed by atoms with Gasteiger partial charge in [-0.25, -0.2) is 4.98 Å². The SMILES string of the molecule is O=C(Nc1cnc(Nc2ccc(Oc3ccon3)cc2)n(Cc2ccc(Cl)cc2)c1=O)C1CC(O)C1. The van der Waals surface area contributed by atoms with Gasteiger partial charge in [0.2, 0.25) is 11.9 Å². The minimum absolute atomic E-state index is 0.0669. The number of aliphatic hydroxyl groups excluding tert-OH is 1. The number of aromatic nitrogens is 3. The molecule has 3 N–H and O–H groups in total. The fourth-order valence-corrected chi connectivity index (χ4v) is 3.87. The quantitative estimate of drug-likeness (QED) is 0.323. The van der Waals surface area contributed by atoms with Crippen molar-refractivity contribution in [3.05, 3.63) is 88.0 Å². The van der Waals surface area contributed by atoms with Crippen molar-refractivity contribution in [3.63, 3.8) is 0 Å². The Bertz CT molecular complexity index is 1400.